The Morgan fingerprint density at radius 1 is 0.607 bits per heavy atom. The zero-order valence-electron chi connectivity index (χ0n) is 32.2. The van der Waals surface area contributed by atoms with Gasteiger partial charge in [-0.25, -0.2) is 0 Å². The third kappa shape index (κ3) is 6.76. The van der Waals surface area contributed by atoms with Gasteiger partial charge in [0, 0.05) is 72.0 Å². The van der Waals surface area contributed by atoms with Gasteiger partial charge in [-0.05, 0) is 101 Å². The van der Waals surface area contributed by atoms with Crippen LogP contribution < -0.4 is 15.5 Å². The maximum absolute atomic E-state index is 4.45. The number of allylic oxidation sites excluding steroid dienone is 3. The van der Waals surface area contributed by atoms with Crippen LogP contribution in [0, 0.1) is 0 Å². The molecule has 5 heteroatoms. The van der Waals surface area contributed by atoms with Crippen LogP contribution in [-0.2, 0) is 0 Å². The van der Waals surface area contributed by atoms with Crippen LogP contribution in [-0.4, -0.2) is 31.5 Å². The second kappa shape index (κ2) is 16.1. The third-order valence-electron chi connectivity index (χ3n) is 10.3. The number of rotatable bonds is 10. The number of hydrogen-bond donors (Lipinski definition) is 2. The van der Waals surface area contributed by atoms with E-state index in [1.54, 1.807) is 0 Å². The summed E-state index contributed by atoms with van der Waals surface area (Å²) in [5.74, 6) is 0.845. The van der Waals surface area contributed by atoms with E-state index in [1.807, 2.05) is 34.3 Å². The van der Waals surface area contributed by atoms with Crippen molar-refractivity contribution in [3.8, 4) is 27.9 Å². The first-order valence-corrected chi connectivity index (χ1v) is 19.1. The standard InChI is InChI=1S/C51H45N5/c1-5-15-40(35-52-2)36-22-26-42(27-23-36)55(43-28-24-39(25-29-43)51(53-3)54-4)44-30-33-48-47(34-44)49-45(37-16-9-6-10-17-37)31-32-46(38-18-11-7-12-19-38)50(49)56(48)41-20-13-8-14-21-41/h5-35,52H,1-4H3,(H,53,54)/b15-5-,40-35+. The fraction of sp³-hybridized carbons (Fsp3) is 0.0784. The van der Waals surface area contributed by atoms with Gasteiger partial charge in [0.2, 0.25) is 0 Å². The summed E-state index contributed by atoms with van der Waals surface area (Å²) in [5.41, 5.74) is 14.7. The first-order valence-electron chi connectivity index (χ1n) is 19.1. The maximum Gasteiger partial charge on any atom is 0.127 e. The smallest absolute Gasteiger partial charge is 0.127 e. The predicted octanol–water partition coefficient (Wildman–Crippen LogP) is 12.3. The highest BCUT2D eigenvalue weighted by Crippen LogP contribution is 2.45. The molecule has 0 aliphatic carbocycles. The number of nitrogens with one attached hydrogen (secondary N) is 2. The van der Waals surface area contributed by atoms with E-state index in [4.69, 9.17) is 0 Å². The lowest BCUT2D eigenvalue weighted by atomic mass is 9.94. The van der Waals surface area contributed by atoms with Crippen LogP contribution in [0.5, 0.6) is 0 Å². The number of para-hydroxylation sites is 1. The zero-order valence-corrected chi connectivity index (χ0v) is 32.2. The summed E-state index contributed by atoms with van der Waals surface area (Å²) < 4.78 is 2.44. The van der Waals surface area contributed by atoms with Gasteiger partial charge in [0.15, 0.2) is 0 Å². The Bertz CT molecular complexity index is 2690. The van der Waals surface area contributed by atoms with Gasteiger partial charge in [-0.2, -0.15) is 0 Å². The van der Waals surface area contributed by atoms with Crippen LogP contribution in [0.25, 0.3) is 55.3 Å². The molecule has 0 unspecified atom stereocenters. The number of anilines is 3. The van der Waals surface area contributed by atoms with Crippen molar-refractivity contribution < 1.29 is 0 Å². The van der Waals surface area contributed by atoms with Gasteiger partial charge < -0.3 is 20.1 Å². The molecule has 1 aromatic heterocycles. The van der Waals surface area contributed by atoms with E-state index in [0.717, 1.165) is 50.8 Å². The van der Waals surface area contributed by atoms with Crippen molar-refractivity contribution >= 4 is 50.3 Å². The highest BCUT2D eigenvalue weighted by atomic mass is 15.1. The van der Waals surface area contributed by atoms with E-state index in [-0.39, 0.29) is 0 Å². The number of hydrogen-bond acceptors (Lipinski definition) is 3. The van der Waals surface area contributed by atoms with Crippen LogP contribution >= 0.6 is 0 Å². The van der Waals surface area contributed by atoms with Crippen molar-refractivity contribution in [3.05, 3.63) is 199 Å². The molecule has 56 heavy (non-hydrogen) atoms. The number of amidine groups is 1. The minimum absolute atomic E-state index is 0.845. The van der Waals surface area contributed by atoms with E-state index in [9.17, 15) is 0 Å². The Kier molecular flexibility index (Phi) is 10.3. The van der Waals surface area contributed by atoms with E-state index >= 15 is 0 Å². The SMILES string of the molecule is C/C=C\C(=C/NC)c1ccc(N(c2ccc(C(=NC)NC)cc2)c2ccc3c(c2)c2c(-c4ccccc4)ccc(-c4ccccc4)c2n3-c2ccccc2)cc1. The molecule has 2 N–H and O–H groups in total. The summed E-state index contributed by atoms with van der Waals surface area (Å²) in [4.78, 5) is 6.80. The molecule has 0 radical (unpaired) electrons. The summed E-state index contributed by atoms with van der Waals surface area (Å²) in [6, 6.07) is 61.2. The minimum atomic E-state index is 0.845. The number of aliphatic imine (C=N–C) groups is 1. The average Bonchev–Trinajstić information content (AvgIpc) is 3.60. The molecule has 0 amide bonds. The molecule has 8 rings (SSSR count). The molecule has 0 saturated heterocycles. The van der Waals surface area contributed by atoms with Crippen molar-refractivity contribution in [3.63, 3.8) is 0 Å². The van der Waals surface area contributed by atoms with Gasteiger partial charge >= 0.3 is 0 Å². The van der Waals surface area contributed by atoms with E-state index in [2.05, 4.69) is 207 Å². The molecule has 0 bridgehead atoms. The lowest BCUT2D eigenvalue weighted by Crippen LogP contribution is -2.19. The topological polar surface area (TPSA) is 44.6 Å². The Hall–Kier alpha value is -7.11. The molecule has 274 valence electrons. The van der Waals surface area contributed by atoms with Crippen molar-refractivity contribution in [2.24, 2.45) is 4.99 Å². The molecule has 0 atom stereocenters. The van der Waals surface area contributed by atoms with Crippen molar-refractivity contribution in [2.45, 2.75) is 6.92 Å². The lowest BCUT2D eigenvalue weighted by molar-refractivity contribution is 1.11. The maximum atomic E-state index is 4.45. The van der Waals surface area contributed by atoms with Gasteiger partial charge in [-0.1, -0.05) is 115 Å². The van der Waals surface area contributed by atoms with Crippen LogP contribution in [0.4, 0.5) is 17.1 Å². The Morgan fingerprint density at radius 3 is 1.73 bits per heavy atom. The zero-order chi connectivity index (χ0) is 38.4. The van der Waals surface area contributed by atoms with Gasteiger partial charge in [0.05, 0.1) is 11.0 Å². The highest BCUT2D eigenvalue weighted by molar-refractivity contribution is 6.20. The fourth-order valence-corrected chi connectivity index (χ4v) is 7.80. The number of nitrogens with zero attached hydrogens (tertiary/aromatic N) is 3. The quantitative estimate of drug-likeness (QED) is 0.0837. The van der Waals surface area contributed by atoms with Crippen LogP contribution in [0.1, 0.15) is 18.1 Å². The van der Waals surface area contributed by atoms with Gasteiger partial charge in [-0.3, -0.25) is 4.99 Å². The molecule has 7 aromatic carbocycles. The van der Waals surface area contributed by atoms with Crippen LogP contribution in [0.2, 0.25) is 0 Å². The molecule has 0 aliphatic rings. The Labute approximate surface area is 329 Å². The number of fused-ring (bicyclic) bond motifs is 3. The first-order chi connectivity index (χ1) is 27.6. The second-order valence-electron chi connectivity index (χ2n) is 13.6. The monoisotopic (exact) mass is 727 g/mol. The predicted molar refractivity (Wildman–Crippen MR) is 240 cm³/mol. The third-order valence-corrected chi connectivity index (χ3v) is 10.3. The van der Waals surface area contributed by atoms with Crippen molar-refractivity contribution in [1.29, 1.82) is 0 Å². The molecule has 0 saturated carbocycles. The molecule has 0 aliphatic heterocycles. The molecule has 0 fully saturated rings. The number of benzene rings is 7. The van der Waals surface area contributed by atoms with Gasteiger partial charge in [0.1, 0.15) is 5.84 Å². The Morgan fingerprint density at radius 2 is 1.16 bits per heavy atom. The largest absolute Gasteiger partial charge is 0.393 e. The second-order valence-corrected chi connectivity index (χ2v) is 13.6. The van der Waals surface area contributed by atoms with E-state index < -0.39 is 0 Å². The first kappa shape index (κ1) is 35.9. The normalized spacial score (nSPS) is 12.1. The highest BCUT2D eigenvalue weighted by Gasteiger charge is 2.22. The summed E-state index contributed by atoms with van der Waals surface area (Å²) in [6.45, 7) is 2.04. The molecular weight excluding hydrogens is 683 g/mol. The van der Waals surface area contributed by atoms with Gasteiger partial charge in [0.25, 0.3) is 0 Å². The lowest BCUT2D eigenvalue weighted by Gasteiger charge is -2.26. The molecular formula is C51H45N5. The number of aromatic nitrogens is 1. The minimum Gasteiger partial charge on any atom is -0.393 e. The summed E-state index contributed by atoms with van der Waals surface area (Å²) in [6.07, 6.45) is 6.23. The van der Waals surface area contributed by atoms with Crippen LogP contribution in [0.3, 0.4) is 0 Å². The summed E-state index contributed by atoms with van der Waals surface area (Å²) in [7, 11) is 5.65. The average molecular weight is 728 g/mol. The summed E-state index contributed by atoms with van der Waals surface area (Å²) in [5, 5.41) is 8.82. The molecule has 5 nitrogen and oxygen atoms in total. The van der Waals surface area contributed by atoms with Crippen molar-refractivity contribution in [2.75, 3.05) is 26.0 Å². The van der Waals surface area contributed by atoms with Crippen molar-refractivity contribution in [1.82, 2.24) is 15.2 Å². The molecule has 8 aromatic rings. The molecule has 0 spiro atoms. The van der Waals surface area contributed by atoms with E-state index in [1.165, 1.54) is 38.5 Å². The Balaban J connectivity index is 1.42. The van der Waals surface area contributed by atoms with Gasteiger partial charge in [-0.15, -0.1) is 0 Å². The van der Waals surface area contributed by atoms with E-state index in [0.29, 0.717) is 0 Å². The fourth-order valence-electron chi connectivity index (χ4n) is 7.80. The molecule has 1 heterocycles. The van der Waals surface area contributed by atoms with Crippen LogP contribution in [0.15, 0.2) is 193 Å². The summed E-state index contributed by atoms with van der Waals surface area (Å²) >= 11 is 0.